The number of nitriles is 1. The Morgan fingerprint density at radius 3 is 2.17 bits per heavy atom. The van der Waals surface area contributed by atoms with E-state index in [4.69, 9.17) is 5.26 Å². The third-order valence-corrected chi connectivity index (χ3v) is 3.71. The minimum Gasteiger partial charge on any atom is -0.203 e. The monoisotopic (exact) mass is 253 g/mol. The predicted molar refractivity (Wildman–Crippen MR) is 54.7 cm³/mol. The third-order valence-electron chi connectivity index (χ3n) is 3.71. The lowest BCUT2D eigenvalue weighted by Gasteiger charge is -2.36. The van der Waals surface area contributed by atoms with E-state index < -0.39 is 35.1 Å². The van der Waals surface area contributed by atoms with Gasteiger partial charge in [0.15, 0.2) is 23.3 Å². The number of allylic oxidation sites excluding steroid dienone is 2. The molecule has 1 aromatic carbocycles. The van der Waals surface area contributed by atoms with E-state index in [-0.39, 0.29) is 11.1 Å². The summed E-state index contributed by atoms with van der Waals surface area (Å²) in [4.78, 5) is 0. The molecule has 2 atom stereocenters. The highest BCUT2D eigenvalue weighted by Gasteiger charge is 2.41. The summed E-state index contributed by atoms with van der Waals surface area (Å²) in [5.41, 5.74) is 0.00593. The molecule has 1 nitrogen and oxygen atoms in total. The number of nitrogens with zero attached hydrogens (tertiary/aromatic N) is 1. The summed E-state index contributed by atoms with van der Waals surface area (Å²) in [7, 11) is 0. The summed E-state index contributed by atoms with van der Waals surface area (Å²) >= 11 is 0. The number of benzene rings is 1. The van der Waals surface area contributed by atoms with Gasteiger partial charge in [0.2, 0.25) is 0 Å². The Balaban J connectivity index is 2.36. The SMILES string of the molecule is N#CC1=CC2CCC1c1c(F)c(F)c(F)c(F)c12. The highest BCUT2D eigenvalue weighted by molar-refractivity contribution is 5.53. The van der Waals surface area contributed by atoms with E-state index >= 15 is 0 Å². The quantitative estimate of drug-likeness (QED) is 0.393. The summed E-state index contributed by atoms with van der Waals surface area (Å²) in [6, 6.07) is 1.91. The van der Waals surface area contributed by atoms with Crippen LogP contribution in [0.2, 0.25) is 0 Å². The van der Waals surface area contributed by atoms with Crippen LogP contribution in [0.1, 0.15) is 35.8 Å². The van der Waals surface area contributed by atoms with E-state index in [9.17, 15) is 17.6 Å². The highest BCUT2D eigenvalue weighted by atomic mass is 19.2. The zero-order chi connectivity index (χ0) is 13.0. The van der Waals surface area contributed by atoms with E-state index in [2.05, 4.69) is 0 Å². The lowest BCUT2D eigenvalue weighted by atomic mass is 9.67. The summed E-state index contributed by atoms with van der Waals surface area (Å²) in [6.45, 7) is 0. The van der Waals surface area contributed by atoms with E-state index in [0.717, 1.165) is 0 Å². The molecule has 4 rings (SSSR count). The Hall–Kier alpha value is -1.83. The van der Waals surface area contributed by atoms with Gasteiger partial charge >= 0.3 is 0 Å². The average molecular weight is 253 g/mol. The van der Waals surface area contributed by atoms with Gasteiger partial charge in [0, 0.05) is 28.5 Å². The number of fused-ring (bicyclic) bond motifs is 1. The Kier molecular flexibility index (Phi) is 2.24. The molecule has 2 bridgehead atoms. The van der Waals surface area contributed by atoms with Crippen molar-refractivity contribution in [3.63, 3.8) is 0 Å². The summed E-state index contributed by atoms with van der Waals surface area (Å²) in [5.74, 6) is -7.45. The maximum Gasteiger partial charge on any atom is 0.197 e. The number of hydrogen-bond acceptors (Lipinski definition) is 1. The molecule has 0 aliphatic heterocycles. The highest BCUT2D eigenvalue weighted by Crippen LogP contribution is 2.51. The second-order valence-corrected chi connectivity index (χ2v) is 4.55. The maximum absolute atomic E-state index is 13.8. The Labute approximate surface area is 100 Å². The van der Waals surface area contributed by atoms with Crippen molar-refractivity contribution in [2.24, 2.45) is 0 Å². The van der Waals surface area contributed by atoms with Gasteiger partial charge in [-0.15, -0.1) is 0 Å². The van der Waals surface area contributed by atoms with Crippen LogP contribution in [0.3, 0.4) is 0 Å². The van der Waals surface area contributed by atoms with Crippen LogP contribution in [-0.4, -0.2) is 0 Å². The van der Waals surface area contributed by atoms with Gasteiger partial charge in [-0.2, -0.15) is 5.26 Å². The standard InChI is InChI=1S/C13H7F4N/c14-10-8-5-1-2-7(6(3-5)4-18)9(8)11(15)13(17)12(10)16/h3,5,7H,1-2H2. The van der Waals surface area contributed by atoms with Crippen LogP contribution in [0.25, 0.3) is 0 Å². The van der Waals surface area contributed by atoms with Crippen molar-refractivity contribution in [1.82, 2.24) is 0 Å². The van der Waals surface area contributed by atoms with Gasteiger partial charge in [0.25, 0.3) is 0 Å². The van der Waals surface area contributed by atoms with Crippen molar-refractivity contribution in [3.05, 3.63) is 46.0 Å². The lowest BCUT2D eigenvalue weighted by Crippen LogP contribution is -2.25. The first kappa shape index (κ1) is 11.3. The molecule has 0 radical (unpaired) electrons. The Bertz CT molecular complexity index is 627. The molecule has 0 saturated heterocycles. The maximum atomic E-state index is 13.8. The molecule has 0 N–H and O–H groups in total. The van der Waals surface area contributed by atoms with Crippen LogP contribution in [0, 0.1) is 34.6 Å². The molecule has 0 amide bonds. The van der Waals surface area contributed by atoms with Gasteiger partial charge in [-0.3, -0.25) is 0 Å². The topological polar surface area (TPSA) is 23.8 Å². The van der Waals surface area contributed by atoms with Crippen LogP contribution in [0.15, 0.2) is 11.6 Å². The van der Waals surface area contributed by atoms with Crippen molar-refractivity contribution in [3.8, 4) is 6.07 Å². The molecule has 0 spiro atoms. The largest absolute Gasteiger partial charge is 0.203 e. The fraction of sp³-hybridized carbons (Fsp3) is 0.308. The van der Waals surface area contributed by atoms with Crippen molar-refractivity contribution >= 4 is 0 Å². The van der Waals surface area contributed by atoms with Crippen molar-refractivity contribution in [1.29, 1.82) is 5.26 Å². The second kappa shape index (κ2) is 3.58. The number of rotatable bonds is 0. The smallest absolute Gasteiger partial charge is 0.197 e. The summed E-state index contributed by atoms with van der Waals surface area (Å²) in [6.07, 6.45) is 2.50. The summed E-state index contributed by atoms with van der Waals surface area (Å²) < 4.78 is 53.9. The number of hydrogen-bond donors (Lipinski definition) is 0. The summed E-state index contributed by atoms with van der Waals surface area (Å²) in [5, 5.41) is 8.92. The molecule has 5 heteroatoms. The molecular weight excluding hydrogens is 246 g/mol. The molecule has 3 aliphatic carbocycles. The molecule has 3 aliphatic rings. The van der Waals surface area contributed by atoms with Crippen molar-refractivity contribution in [2.75, 3.05) is 0 Å². The molecule has 0 fully saturated rings. The zero-order valence-electron chi connectivity index (χ0n) is 9.11. The molecule has 0 aromatic heterocycles. The van der Waals surface area contributed by atoms with Gasteiger partial charge in [-0.25, -0.2) is 17.6 Å². The van der Waals surface area contributed by atoms with Gasteiger partial charge in [0.1, 0.15) is 0 Å². The first-order valence-electron chi connectivity index (χ1n) is 5.53. The fourth-order valence-electron chi connectivity index (χ4n) is 2.93. The van der Waals surface area contributed by atoms with E-state index in [1.807, 2.05) is 6.07 Å². The van der Waals surface area contributed by atoms with Gasteiger partial charge in [-0.05, 0) is 12.8 Å². The molecule has 0 saturated carbocycles. The lowest BCUT2D eigenvalue weighted by molar-refractivity contribution is 0.376. The van der Waals surface area contributed by atoms with Crippen molar-refractivity contribution < 1.29 is 17.6 Å². The first-order valence-corrected chi connectivity index (χ1v) is 5.53. The fourth-order valence-corrected chi connectivity index (χ4v) is 2.93. The van der Waals surface area contributed by atoms with Crippen LogP contribution in [-0.2, 0) is 0 Å². The molecule has 18 heavy (non-hydrogen) atoms. The Morgan fingerprint density at radius 2 is 1.56 bits per heavy atom. The van der Waals surface area contributed by atoms with E-state index in [0.29, 0.717) is 18.4 Å². The van der Waals surface area contributed by atoms with Crippen LogP contribution in [0.5, 0.6) is 0 Å². The van der Waals surface area contributed by atoms with E-state index in [1.165, 1.54) is 6.08 Å². The van der Waals surface area contributed by atoms with Gasteiger partial charge in [0.05, 0.1) is 6.07 Å². The van der Waals surface area contributed by atoms with Crippen LogP contribution >= 0.6 is 0 Å². The van der Waals surface area contributed by atoms with E-state index in [1.54, 1.807) is 0 Å². The van der Waals surface area contributed by atoms with Crippen LogP contribution < -0.4 is 0 Å². The molecular formula is C13H7F4N. The molecule has 0 heterocycles. The predicted octanol–water partition coefficient (Wildman–Crippen LogP) is 3.67. The molecule has 1 aromatic rings. The second-order valence-electron chi connectivity index (χ2n) is 4.55. The van der Waals surface area contributed by atoms with Crippen molar-refractivity contribution in [2.45, 2.75) is 24.7 Å². The van der Waals surface area contributed by atoms with Gasteiger partial charge in [-0.1, -0.05) is 6.08 Å². The van der Waals surface area contributed by atoms with Gasteiger partial charge < -0.3 is 0 Å². The normalized spacial score (nSPS) is 24.5. The third kappa shape index (κ3) is 1.20. The first-order chi connectivity index (χ1) is 8.56. The minimum atomic E-state index is -1.80. The zero-order valence-corrected chi connectivity index (χ0v) is 9.11. The average Bonchev–Trinajstić information content (AvgIpc) is 2.42. The molecule has 2 unspecified atom stereocenters. The minimum absolute atomic E-state index is 0.123. The number of halogens is 4. The van der Waals surface area contributed by atoms with Crippen LogP contribution in [0.4, 0.5) is 17.6 Å². The Morgan fingerprint density at radius 1 is 0.944 bits per heavy atom. The molecule has 92 valence electrons.